The van der Waals surface area contributed by atoms with E-state index in [2.05, 4.69) is 45.2 Å². The average Bonchev–Trinajstić information content (AvgIpc) is 2.74. The van der Waals surface area contributed by atoms with Crippen LogP contribution in [-0.2, 0) is 6.42 Å². The second-order valence-corrected chi connectivity index (χ2v) is 7.41. The molecule has 144 valence electrons. The number of aromatic nitrogens is 2. The van der Waals surface area contributed by atoms with Crippen LogP contribution in [0, 0.1) is 5.82 Å². The smallest absolute Gasteiger partial charge is 0.220 e. The fraction of sp³-hybridized carbons (Fsp3) is 0.304. The van der Waals surface area contributed by atoms with Crippen LogP contribution in [0.15, 0.2) is 60.8 Å². The van der Waals surface area contributed by atoms with E-state index < -0.39 is 0 Å². The minimum Gasteiger partial charge on any atom is -0.368 e. The molecule has 28 heavy (non-hydrogen) atoms. The maximum Gasteiger partial charge on any atom is 0.220 e. The van der Waals surface area contributed by atoms with Gasteiger partial charge in [-0.1, -0.05) is 42.5 Å². The molecule has 1 atom stereocenters. The van der Waals surface area contributed by atoms with Crippen LogP contribution in [0.5, 0.6) is 0 Å². The van der Waals surface area contributed by atoms with Crippen molar-refractivity contribution in [3.05, 3.63) is 77.9 Å². The van der Waals surface area contributed by atoms with E-state index in [-0.39, 0.29) is 5.82 Å². The quantitative estimate of drug-likeness (QED) is 0.722. The molecule has 4 rings (SSSR count). The summed E-state index contributed by atoms with van der Waals surface area (Å²) in [6.45, 7) is 3.10. The van der Waals surface area contributed by atoms with Crippen LogP contribution in [0.4, 0.5) is 10.3 Å². The Kier molecular flexibility index (Phi) is 5.63. The van der Waals surface area contributed by atoms with Crippen molar-refractivity contribution in [3.63, 3.8) is 0 Å². The predicted molar refractivity (Wildman–Crippen MR) is 110 cm³/mol. The summed E-state index contributed by atoms with van der Waals surface area (Å²) in [6.07, 6.45) is 5.02. The van der Waals surface area contributed by atoms with E-state index >= 15 is 0 Å². The second-order valence-electron chi connectivity index (χ2n) is 7.41. The summed E-state index contributed by atoms with van der Waals surface area (Å²) in [7, 11) is 0. The average molecular weight is 376 g/mol. The minimum absolute atomic E-state index is 0.244. The molecule has 1 aliphatic heterocycles. The van der Waals surface area contributed by atoms with Gasteiger partial charge in [0.1, 0.15) is 5.82 Å². The van der Waals surface area contributed by atoms with Crippen molar-refractivity contribution in [1.29, 1.82) is 0 Å². The van der Waals surface area contributed by atoms with E-state index in [1.807, 2.05) is 0 Å². The molecule has 1 aromatic heterocycles. The Morgan fingerprint density at radius 1 is 1.07 bits per heavy atom. The molecule has 0 spiro atoms. The molecule has 0 amide bonds. The van der Waals surface area contributed by atoms with Crippen LogP contribution in [-0.4, -0.2) is 34.5 Å². The van der Waals surface area contributed by atoms with Crippen molar-refractivity contribution < 1.29 is 4.39 Å². The number of halogens is 1. The van der Waals surface area contributed by atoms with E-state index in [0.717, 1.165) is 55.7 Å². The Morgan fingerprint density at radius 2 is 1.86 bits per heavy atom. The highest BCUT2D eigenvalue weighted by Crippen LogP contribution is 2.33. The van der Waals surface area contributed by atoms with Gasteiger partial charge in [-0.3, -0.25) is 0 Å². The summed E-state index contributed by atoms with van der Waals surface area (Å²) in [4.78, 5) is 11.3. The summed E-state index contributed by atoms with van der Waals surface area (Å²) < 4.78 is 13.3. The molecule has 0 bridgehead atoms. The van der Waals surface area contributed by atoms with Crippen molar-refractivity contribution in [2.24, 2.45) is 0 Å². The fourth-order valence-corrected chi connectivity index (χ4v) is 3.99. The Balaban J connectivity index is 1.53. The van der Waals surface area contributed by atoms with Crippen molar-refractivity contribution in [2.75, 3.05) is 25.4 Å². The molecular formula is C23H25FN4. The van der Waals surface area contributed by atoms with E-state index in [1.165, 1.54) is 17.7 Å². The number of nitrogens with zero attached hydrogens (tertiary/aromatic N) is 3. The number of nitrogens with two attached hydrogens (primary N) is 1. The highest BCUT2D eigenvalue weighted by Gasteiger charge is 2.25. The van der Waals surface area contributed by atoms with Crippen molar-refractivity contribution >= 4 is 5.95 Å². The van der Waals surface area contributed by atoms with Crippen molar-refractivity contribution in [3.8, 4) is 11.1 Å². The highest BCUT2D eigenvalue weighted by molar-refractivity contribution is 5.66. The number of hydrogen-bond donors (Lipinski definition) is 1. The zero-order valence-electron chi connectivity index (χ0n) is 15.9. The summed E-state index contributed by atoms with van der Waals surface area (Å²) in [5, 5.41) is 0. The predicted octanol–water partition coefficient (Wildman–Crippen LogP) is 4.29. The Hall–Kier alpha value is -2.79. The van der Waals surface area contributed by atoms with Gasteiger partial charge < -0.3 is 10.6 Å². The van der Waals surface area contributed by atoms with Gasteiger partial charge in [-0.05, 0) is 49.1 Å². The zero-order chi connectivity index (χ0) is 19.3. The Bertz CT molecular complexity index is 912. The van der Waals surface area contributed by atoms with Gasteiger partial charge in [0.05, 0.1) is 5.69 Å². The Morgan fingerprint density at radius 3 is 2.64 bits per heavy atom. The largest absolute Gasteiger partial charge is 0.368 e. The maximum absolute atomic E-state index is 13.3. The van der Waals surface area contributed by atoms with E-state index in [1.54, 1.807) is 18.3 Å². The van der Waals surface area contributed by atoms with Crippen molar-refractivity contribution in [2.45, 2.75) is 25.2 Å². The number of piperidine rings is 1. The molecule has 0 radical (unpaired) electrons. The van der Waals surface area contributed by atoms with Gasteiger partial charge in [-0.2, -0.15) is 0 Å². The third-order valence-electron chi connectivity index (χ3n) is 5.44. The standard InChI is InChI=1S/C23H25FN4/c24-20-10-8-18(9-11-20)21-15-26-23(25)27-22(21)19-7-4-13-28(16-19)14-12-17-5-2-1-3-6-17/h1-3,5-6,8-11,15,19H,4,7,12-14,16H2,(H2,25,26,27). The first-order valence-corrected chi connectivity index (χ1v) is 9.83. The first-order valence-electron chi connectivity index (χ1n) is 9.83. The number of hydrogen-bond acceptors (Lipinski definition) is 4. The van der Waals surface area contributed by atoms with E-state index in [9.17, 15) is 4.39 Å². The molecule has 1 fully saturated rings. The topological polar surface area (TPSA) is 55.0 Å². The summed E-state index contributed by atoms with van der Waals surface area (Å²) in [6, 6.07) is 17.1. The van der Waals surface area contributed by atoms with Crippen LogP contribution in [0.25, 0.3) is 11.1 Å². The lowest BCUT2D eigenvalue weighted by Crippen LogP contribution is -2.36. The summed E-state index contributed by atoms with van der Waals surface area (Å²) in [5.41, 5.74) is 10.1. The SMILES string of the molecule is Nc1ncc(-c2ccc(F)cc2)c(C2CCCN(CCc3ccccc3)C2)n1. The second kappa shape index (κ2) is 8.48. The maximum atomic E-state index is 13.3. The normalized spacial score (nSPS) is 17.5. The lowest BCUT2D eigenvalue weighted by atomic mass is 9.89. The number of benzene rings is 2. The third kappa shape index (κ3) is 4.37. The number of likely N-dealkylation sites (tertiary alicyclic amines) is 1. The van der Waals surface area contributed by atoms with E-state index in [4.69, 9.17) is 5.73 Å². The molecule has 1 aliphatic rings. The van der Waals surface area contributed by atoms with Gasteiger partial charge >= 0.3 is 0 Å². The van der Waals surface area contributed by atoms with Crippen LogP contribution < -0.4 is 5.73 Å². The zero-order valence-corrected chi connectivity index (χ0v) is 15.9. The van der Waals surface area contributed by atoms with Gasteiger partial charge in [-0.25, -0.2) is 14.4 Å². The molecule has 0 saturated carbocycles. The molecule has 2 aromatic carbocycles. The van der Waals surface area contributed by atoms with Gasteiger partial charge in [0.2, 0.25) is 5.95 Å². The molecule has 1 saturated heterocycles. The lowest BCUT2D eigenvalue weighted by Gasteiger charge is -2.33. The van der Waals surface area contributed by atoms with Crippen molar-refractivity contribution in [1.82, 2.24) is 14.9 Å². The fourth-order valence-electron chi connectivity index (χ4n) is 3.99. The number of rotatable bonds is 5. The molecule has 3 aromatic rings. The van der Waals surface area contributed by atoms with Gasteiger partial charge in [0.25, 0.3) is 0 Å². The summed E-state index contributed by atoms with van der Waals surface area (Å²) in [5.74, 6) is 0.351. The molecule has 1 unspecified atom stereocenters. The number of nitrogen functional groups attached to an aromatic ring is 1. The van der Waals surface area contributed by atoms with E-state index in [0.29, 0.717) is 11.9 Å². The molecule has 2 N–H and O–H groups in total. The minimum atomic E-state index is -0.244. The lowest BCUT2D eigenvalue weighted by molar-refractivity contribution is 0.208. The molecule has 0 aliphatic carbocycles. The van der Waals surface area contributed by atoms with Crippen LogP contribution in [0.1, 0.15) is 30.0 Å². The Labute approximate surface area is 165 Å². The van der Waals surface area contributed by atoms with Crippen LogP contribution >= 0.6 is 0 Å². The first kappa shape index (κ1) is 18.6. The molecule has 2 heterocycles. The van der Waals surface area contributed by atoms with Crippen LogP contribution in [0.3, 0.4) is 0 Å². The highest BCUT2D eigenvalue weighted by atomic mass is 19.1. The first-order chi connectivity index (χ1) is 13.7. The molecule has 5 heteroatoms. The van der Waals surface area contributed by atoms with Gasteiger partial charge in [0, 0.05) is 30.8 Å². The molecule has 4 nitrogen and oxygen atoms in total. The van der Waals surface area contributed by atoms with Crippen LogP contribution in [0.2, 0.25) is 0 Å². The third-order valence-corrected chi connectivity index (χ3v) is 5.44. The number of anilines is 1. The van der Waals surface area contributed by atoms with Gasteiger partial charge in [-0.15, -0.1) is 0 Å². The molecular weight excluding hydrogens is 351 g/mol. The van der Waals surface area contributed by atoms with Gasteiger partial charge in [0.15, 0.2) is 0 Å². The summed E-state index contributed by atoms with van der Waals surface area (Å²) >= 11 is 0. The monoisotopic (exact) mass is 376 g/mol.